The van der Waals surface area contributed by atoms with Gasteiger partial charge in [0, 0.05) is 31.1 Å². The number of fused-ring (bicyclic) bond motifs is 1. The van der Waals surface area contributed by atoms with Crippen LogP contribution >= 0.6 is 0 Å². The lowest BCUT2D eigenvalue weighted by Gasteiger charge is -2.59. The van der Waals surface area contributed by atoms with Crippen molar-refractivity contribution in [2.45, 2.75) is 38.8 Å². The molecule has 1 aliphatic carbocycles. The molecule has 1 heterocycles. The summed E-state index contributed by atoms with van der Waals surface area (Å²) >= 11 is 0. The van der Waals surface area contributed by atoms with Crippen molar-refractivity contribution in [3.05, 3.63) is 0 Å². The fourth-order valence-corrected chi connectivity index (χ4v) is 3.04. The van der Waals surface area contributed by atoms with E-state index in [4.69, 9.17) is 14.3 Å². The van der Waals surface area contributed by atoms with Crippen molar-refractivity contribution < 1.29 is 14.3 Å². The second-order valence-electron chi connectivity index (χ2n) is 5.36. The predicted molar refractivity (Wildman–Crippen MR) is 61.0 cm³/mol. The van der Waals surface area contributed by atoms with E-state index in [0.717, 1.165) is 6.61 Å². The van der Waals surface area contributed by atoms with Crippen LogP contribution in [-0.2, 0) is 14.3 Å². The molecule has 4 nitrogen and oxygen atoms in total. The quantitative estimate of drug-likeness (QED) is 0.571. The van der Waals surface area contributed by atoms with Crippen LogP contribution in [0.4, 0.5) is 0 Å². The molecule has 1 saturated heterocycles. The van der Waals surface area contributed by atoms with Gasteiger partial charge in [-0.3, -0.25) is 4.84 Å². The Morgan fingerprint density at radius 3 is 2.94 bits per heavy atom. The first-order valence-corrected chi connectivity index (χ1v) is 6.16. The maximum Gasteiger partial charge on any atom is 0.0916 e. The Bertz CT molecular complexity index is 232. The summed E-state index contributed by atoms with van der Waals surface area (Å²) in [5.41, 5.74) is 3.36. The van der Waals surface area contributed by atoms with Gasteiger partial charge in [-0.1, -0.05) is 13.8 Å². The van der Waals surface area contributed by atoms with Gasteiger partial charge >= 0.3 is 0 Å². The summed E-state index contributed by atoms with van der Waals surface area (Å²) in [5, 5.41) is 0. The Morgan fingerprint density at radius 1 is 1.38 bits per heavy atom. The van der Waals surface area contributed by atoms with Crippen LogP contribution in [0.5, 0.6) is 0 Å². The second-order valence-corrected chi connectivity index (χ2v) is 5.36. The van der Waals surface area contributed by atoms with Gasteiger partial charge in [-0.2, -0.15) is 5.48 Å². The zero-order valence-electron chi connectivity index (χ0n) is 10.5. The van der Waals surface area contributed by atoms with Gasteiger partial charge in [0.2, 0.25) is 0 Å². The first kappa shape index (κ1) is 12.3. The van der Waals surface area contributed by atoms with Gasteiger partial charge in [-0.25, -0.2) is 0 Å². The van der Waals surface area contributed by atoms with E-state index in [-0.39, 0.29) is 5.41 Å². The maximum absolute atomic E-state index is 5.83. The Morgan fingerprint density at radius 2 is 2.19 bits per heavy atom. The first-order valence-electron chi connectivity index (χ1n) is 6.16. The van der Waals surface area contributed by atoms with Gasteiger partial charge in [0.1, 0.15) is 0 Å². The Labute approximate surface area is 97.6 Å². The molecule has 3 unspecified atom stereocenters. The monoisotopic (exact) mass is 229 g/mol. The van der Waals surface area contributed by atoms with Crippen LogP contribution in [0.25, 0.3) is 0 Å². The van der Waals surface area contributed by atoms with Crippen molar-refractivity contribution in [3.8, 4) is 0 Å². The first-order chi connectivity index (χ1) is 7.68. The van der Waals surface area contributed by atoms with Crippen LogP contribution in [0.15, 0.2) is 0 Å². The van der Waals surface area contributed by atoms with Crippen molar-refractivity contribution in [2.75, 3.05) is 26.9 Å². The highest BCUT2D eigenvalue weighted by atomic mass is 16.7. The molecule has 1 saturated carbocycles. The molecule has 0 aromatic rings. The molecule has 0 spiro atoms. The van der Waals surface area contributed by atoms with Gasteiger partial charge in [-0.15, -0.1) is 0 Å². The van der Waals surface area contributed by atoms with E-state index in [2.05, 4.69) is 19.3 Å². The average Bonchev–Trinajstić information content (AvgIpc) is 2.29. The predicted octanol–water partition coefficient (Wildman–Crippen LogP) is 1.36. The van der Waals surface area contributed by atoms with Crippen molar-refractivity contribution in [3.63, 3.8) is 0 Å². The number of nitrogens with one attached hydrogen (secondary N) is 1. The summed E-state index contributed by atoms with van der Waals surface area (Å²) in [5.74, 6) is 0.617. The van der Waals surface area contributed by atoms with Crippen LogP contribution in [0.1, 0.15) is 26.7 Å². The van der Waals surface area contributed by atoms with Gasteiger partial charge < -0.3 is 9.47 Å². The summed E-state index contributed by atoms with van der Waals surface area (Å²) in [6, 6.07) is 0.412. The van der Waals surface area contributed by atoms with Crippen LogP contribution in [0.3, 0.4) is 0 Å². The molecule has 0 bridgehead atoms. The third kappa shape index (κ3) is 2.12. The van der Waals surface area contributed by atoms with Crippen molar-refractivity contribution in [1.82, 2.24) is 5.48 Å². The van der Waals surface area contributed by atoms with E-state index in [1.807, 2.05) is 0 Å². The molecular weight excluding hydrogens is 206 g/mol. The average molecular weight is 229 g/mol. The highest BCUT2D eigenvalue weighted by Gasteiger charge is 2.58. The van der Waals surface area contributed by atoms with Gasteiger partial charge in [0.15, 0.2) is 0 Å². The molecule has 3 atom stereocenters. The molecule has 2 fully saturated rings. The molecule has 16 heavy (non-hydrogen) atoms. The van der Waals surface area contributed by atoms with Crippen LogP contribution in [0.2, 0.25) is 0 Å². The number of methoxy groups -OCH3 is 1. The van der Waals surface area contributed by atoms with Crippen molar-refractivity contribution in [2.24, 2.45) is 11.3 Å². The number of ether oxygens (including phenoxy) is 2. The fraction of sp³-hybridized carbons (Fsp3) is 1.00. The van der Waals surface area contributed by atoms with Crippen LogP contribution < -0.4 is 5.48 Å². The molecule has 0 amide bonds. The molecule has 1 aliphatic heterocycles. The van der Waals surface area contributed by atoms with Gasteiger partial charge in [-0.05, 0) is 12.8 Å². The highest BCUT2D eigenvalue weighted by Crippen LogP contribution is 2.51. The molecule has 94 valence electrons. The normalized spacial score (nSPS) is 36.6. The minimum atomic E-state index is 0.179. The summed E-state index contributed by atoms with van der Waals surface area (Å²) in [4.78, 5) is 5.43. The number of hydrogen-bond donors (Lipinski definition) is 1. The minimum absolute atomic E-state index is 0.179. The third-order valence-corrected chi connectivity index (χ3v) is 3.93. The van der Waals surface area contributed by atoms with E-state index in [1.165, 1.54) is 12.8 Å². The minimum Gasteiger partial charge on any atom is -0.382 e. The number of hydrogen-bond acceptors (Lipinski definition) is 4. The SMILES string of the molecule is COCCONC1C2CCCOC2C1(C)C. The van der Waals surface area contributed by atoms with Crippen molar-refractivity contribution >= 4 is 0 Å². The fourth-order valence-electron chi connectivity index (χ4n) is 3.04. The van der Waals surface area contributed by atoms with Gasteiger partial charge in [0.25, 0.3) is 0 Å². The summed E-state index contributed by atoms with van der Waals surface area (Å²) in [6.07, 6.45) is 2.83. The smallest absolute Gasteiger partial charge is 0.0916 e. The molecule has 4 heteroatoms. The van der Waals surface area contributed by atoms with E-state index in [9.17, 15) is 0 Å². The molecule has 0 aromatic carbocycles. The lowest BCUT2D eigenvalue weighted by atomic mass is 9.55. The Kier molecular flexibility index (Phi) is 3.85. The second kappa shape index (κ2) is 5.00. The molecular formula is C12H23NO3. The van der Waals surface area contributed by atoms with E-state index < -0.39 is 0 Å². The maximum atomic E-state index is 5.83. The zero-order valence-corrected chi connectivity index (χ0v) is 10.5. The van der Waals surface area contributed by atoms with E-state index >= 15 is 0 Å². The van der Waals surface area contributed by atoms with E-state index in [1.54, 1.807) is 7.11 Å². The highest BCUT2D eigenvalue weighted by molar-refractivity contribution is 5.09. The van der Waals surface area contributed by atoms with Crippen LogP contribution in [0, 0.1) is 11.3 Å². The van der Waals surface area contributed by atoms with Crippen molar-refractivity contribution in [1.29, 1.82) is 0 Å². The standard InChI is InChI=1S/C12H23NO3/c1-12(2)10(13-16-8-7-14-3)9-5-4-6-15-11(9)12/h9-11,13H,4-8H2,1-3H3. The largest absolute Gasteiger partial charge is 0.382 e. The van der Waals surface area contributed by atoms with Crippen LogP contribution in [-0.4, -0.2) is 39.1 Å². The molecule has 2 aliphatic rings. The summed E-state index contributed by atoms with van der Waals surface area (Å²) in [6.45, 7) is 6.64. The molecule has 2 rings (SSSR count). The summed E-state index contributed by atoms with van der Waals surface area (Å²) < 4.78 is 10.8. The summed E-state index contributed by atoms with van der Waals surface area (Å²) in [7, 11) is 1.68. The third-order valence-electron chi connectivity index (χ3n) is 3.93. The Hall–Kier alpha value is -0.160. The Balaban J connectivity index is 1.80. The van der Waals surface area contributed by atoms with Gasteiger partial charge in [0.05, 0.1) is 19.3 Å². The lowest BCUT2D eigenvalue weighted by Crippen LogP contribution is -2.69. The molecule has 0 aromatic heterocycles. The topological polar surface area (TPSA) is 39.7 Å². The lowest BCUT2D eigenvalue weighted by molar-refractivity contribution is -0.222. The number of hydroxylamine groups is 1. The molecule has 1 N–H and O–H groups in total. The van der Waals surface area contributed by atoms with E-state index in [0.29, 0.717) is 31.3 Å². The zero-order chi connectivity index (χ0) is 11.6. The number of rotatable bonds is 5. The molecule has 0 radical (unpaired) electrons.